The summed E-state index contributed by atoms with van der Waals surface area (Å²) in [6, 6.07) is 7.53. The van der Waals surface area contributed by atoms with E-state index in [0.717, 1.165) is 17.9 Å². The number of amides is 1. The maximum Gasteiger partial charge on any atom is 0.414 e. The third kappa shape index (κ3) is 4.98. The molecule has 1 amide bonds. The molecule has 1 aliphatic rings. The predicted molar refractivity (Wildman–Crippen MR) is 103 cm³/mol. The number of anilines is 1. The first-order valence-electron chi connectivity index (χ1n) is 8.99. The molecule has 1 heterocycles. The van der Waals surface area contributed by atoms with Gasteiger partial charge in [-0.25, -0.2) is 4.79 Å². The molecule has 0 bridgehead atoms. The number of carbonyl (C=O) groups excluding carboxylic acids is 1. The summed E-state index contributed by atoms with van der Waals surface area (Å²) in [4.78, 5) is 13.8. The molecule has 1 atom stereocenters. The molecule has 0 N–H and O–H groups in total. The number of hydrogen-bond donors (Lipinski definition) is 0. The summed E-state index contributed by atoms with van der Waals surface area (Å²) in [5, 5.41) is 0.188. The molecule has 1 fully saturated rings. The van der Waals surface area contributed by atoms with Crippen LogP contribution in [0.2, 0.25) is 18.1 Å². The minimum absolute atomic E-state index is 0.121. The highest BCUT2D eigenvalue weighted by atomic mass is 28.4. The van der Waals surface area contributed by atoms with Crippen LogP contribution in [0.4, 0.5) is 10.5 Å². The Kier molecular flexibility index (Phi) is 6.16. The van der Waals surface area contributed by atoms with Crippen LogP contribution in [0.3, 0.4) is 0 Å². The summed E-state index contributed by atoms with van der Waals surface area (Å²) in [6.45, 7) is 14.9. The number of rotatable bonds is 7. The Labute approximate surface area is 152 Å². The fourth-order valence-corrected chi connectivity index (χ4v) is 3.49. The zero-order chi connectivity index (χ0) is 18.7. The highest BCUT2D eigenvalue weighted by molar-refractivity contribution is 6.74. The summed E-state index contributed by atoms with van der Waals surface area (Å²) in [6.07, 6.45) is 0.316. The normalized spacial score (nSPS) is 18.4. The summed E-state index contributed by atoms with van der Waals surface area (Å²) >= 11 is 0. The van der Waals surface area contributed by atoms with Gasteiger partial charge in [-0.3, -0.25) is 4.90 Å². The van der Waals surface area contributed by atoms with Gasteiger partial charge in [0.25, 0.3) is 0 Å². The lowest BCUT2D eigenvalue weighted by Gasteiger charge is -2.36. The van der Waals surface area contributed by atoms with E-state index in [1.165, 1.54) is 0 Å². The molecular formula is C19H31NO4Si. The molecule has 0 aliphatic carbocycles. The van der Waals surface area contributed by atoms with Gasteiger partial charge >= 0.3 is 6.09 Å². The van der Waals surface area contributed by atoms with Crippen LogP contribution in [0.1, 0.15) is 34.1 Å². The van der Waals surface area contributed by atoms with Crippen molar-refractivity contribution in [2.75, 3.05) is 24.7 Å². The summed E-state index contributed by atoms with van der Waals surface area (Å²) in [5.74, 6) is 0.804. The number of nitrogens with zero attached hydrogens (tertiary/aromatic N) is 1. The van der Waals surface area contributed by atoms with Gasteiger partial charge in [-0.15, -0.1) is 0 Å². The van der Waals surface area contributed by atoms with Crippen molar-refractivity contribution in [1.82, 2.24) is 0 Å². The molecule has 1 aromatic rings. The van der Waals surface area contributed by atoms with E-state index in [1.807, 2.05) is 31.2 Å². The van der Waals surface area contributed by atoms with Crippen molar-refractivity contribution in [2.45, 2.75) is 58.4 Å². The quantitative estimate of drug-likeness (QED) is 0.650. The maximum absolute atomic E-state index is 12.2. The number of benzene rings is 1. The van der Waals surface area contributed by atoms with Gasteiger partial charge in [0.15, 0.2) is 8.32 Å². The lowest BCUT2D eigenvalue weighted by Crippen LogP contribution is -2.41. The first-order chi connectivity index (χ1) is 11.6. The molecular weight excluding hydrogens is 334 g/mol. The van der Waals surface area contributed by atoms with Crippen LogP contribution in [0.5, 0.6) is 5.75 Å². The second-order valence-electron chi connectivity index (χ2n) is 7.94. The van der Waals surface area contributed by atoms with E-state index < -0.39 is 8.32 Å². The summed E-state index contributed by atoms with van der Waals surface area (Å²) in [7, 11) is -1.76. The van der Waals surface area contributed by atoms with E-state index in [1.54, 1.807) is 4.90 Å². The zero-order valence-electron chi connectivity index (χ0n) is 16.3. The molecule has 1 saturated heterocycles. The van der Waals surface area contributed by atoms with Gasteiger partial charge in [0, 0.05) is 18.7 Å². The smallest absolute Gasteiger partial charge is 0.414 e. The van der Waals surface area contributed by atoms with Crippen molar-refractivity contribution < 1.29 is 18.7 Å². The van der Waals surface area contributed by atoms with Crippen molar-refractivity contribution in [3.8, 4) is 5.75 Å². The second-order valence-corrected chi connectivity index (χ2v) is 12.8. The van der Waals surface area contributed by atoms with Crippen LogP contribution in [-0.4, -0.2) is 40.3 Å². The van der Waals surface area contributed by atoms with Crippen LogP contribution in [0.25, 0.3) is 0 Å². The molecule has 1 unspecified atom stereocenters. The molecule has 1 aliphatic heterocycles. The van der Waals surface area contributed by atoms with Gasteiger partial charge in [0.1, 0.15) is 11.9 Å². The van der Waals surface area contributed by atoms with Crippen molar-refractivity contribution in [3.05, 3.63) is 24.3 Å². The molecule has 6 heteroatoms. The van der Waals surface area contributed by atoms with Gasteiger partial charge < -0.3 is 13.9 Å². The number of ether oxygens (including phenoxy) is 2. The van der Waals surface area contributed by atoms with Crippen LogP contribution < -0.4 is 9.64 Å². The maximum atomic E-state index is 12.2. The molecule has 0 saturated carbocycles. The van der Waals surface area contributed by atoms with Crippen LogP contribution in [0.15, 0.2) is 24.3 Å². The number of carbonyl (C=O) groups is 1. The van der Waals surface area contributed by atoms with Crippen LogP contribution >= 0.6 is 0 Å². The lowest BCUT2D eigenvalue weighted by atomic mass is 10.2. The van der Waals surface area contributed by atoms with Crippen molar-refractivity contribution in [3.63, 3.8) is 0 Å². The van der Waals surface area contributed by atoms with Gasteiger partial charge in [0.2, 0.25) is 0 Å². The topological polar surface area (TPSA) is 48.0 Å². The molecule has 2 rings (SSSR count). The summed E-state index contributed by atoms with van der Waals surface area (Å²) < 4.78 is 17.1. The van der Waals surface area contributed by atoms with E-state index in [2.05, 4.69) is 33.9 Å². The summed E-state index contributed by atoms with van der Waals surface area (Å²) in [5.41, 5.74) is 0.835. The fraction of sp³-hybridized carbons (Fsp3) is 0.632. The minimum atomic E-state index is -1.76. The highest BCUT2D eigenvalue weighted by Crippen LogP contribution is 2.36. The predicted octanol–water partition coefficient (Wildman–Crippen LogP) is 4.82. The number of hydrogen-bond acceptors (Lipinski definition) is 4. The van der Waals surface area contributed by atoms with Crippen molar-refractivity contribution in [1.29, 1.82) is 0 Å². The van der Waals surface area contributed by atoms with Gasteiger partial charge in [-0.2, -0.15) is 0 Å². The molecule has 25 heavy (non-hydrogen) atoms. The van der Waals surface area contributed by atoms with E-state index in [4.69, 9.17) is 13.9 Å². The first-order valence-corrected chi connectivity index (χ1v) is 11.9. The number of cyclic esters (lactones) is 1. The molecule has 140 valence electrons. The van der Waals surface area contributed by atoms with Crippen LogP contribution in [-0.2, 0) is 9.16 Å². The van der Waals surface area contributed by atoms with Gasteiger partial charge in [-0.05, 0) is 49.3 Å². The van der Waals surface area contributed by atoms with Gasteiger partial charge in [-0.1, -0.05) is 20.8 Å². The Morgan fingerprint density at radius 2 is 1.88 bits per heavy atom. The minimum Gasteiger partial charge on any atom is -0.494 e. The average Bonchev–Trinajstić information content (AvgIpc) is 2.88. The van der Waals surface area contributed by atoms with E-state index >= 15 is 0 Å². The van der Waals surface area contributed by atoms with Crippen molar-refractivity contribution in [2.24, 2.45) is 0 Å². The third-order valence-corrected chi connectivity index (χ3v) is 9.58. The molecule has 0 radical (unpaired) electrons. The largest absolute Gasteiger partial charge is 0.494 e. The average molecular weight is 366 g/mol. The lowest BCUT2D eigenvalue weighted by molar-refractivity contribution is 0.123. The molecule has 0 spiro atoms. The second kappa shape index (κ2) is 7.79. The van der Waals surface area contributed by atoms with Crippen LogP contribution in [0, 0.1) is 0 Å². The zero-order valence-corrected chi connectivity index (χ0v) is 17.3. The Balaban J connectivity index is 1.88. The van der Waals surface area contributed by atoms with Crippen molar-refractivity contribution >= 4 is 20.1 Å². The standard InChI is InChI=1S/C19H31NO4Si/c1-7-22-16-10-8-15(9-11-16)20-14-17(24-18(20)21)12-13-23-25(5,6)19(2,3)4/h8-11,17H,7,12-14H2,1-6H3. The van der Waals surface area contributed by atoms with E-state index in [-0.39, 0.29) is 17.2 Å². The monoisotopic (exact) mass is 365 g/mol. The Morgan fingerprint density at radius 3 is 2.44 bits per heavy atom. The molecule has 5 nitrogen and oxygen atoms in total. The highest BCUT2D eigenvalue weighted by Gasteiger charge is 2.38. The fourth-order valence-electron chi connectivity index (χ4n) is 2.43. The van der Waals surface area contributed by atoms with E-state index in [0.29, 0.717) is 19.8 Å². The molecule has 1 aromatic carbocycles. The van der Waals surface area contributed by atoms with Gasteiger partial charge in [0.05, 0.1) is 13.2 Å². The SMILES string of the molecule is CCOc1ccc(N2CC(CCO[Si](C)(C)C(C)(C)C)OC2=O)cc1. The first kappa shape index (κ1) is 19.8. The third-order valence-electron chi connectivity index (χ3n) is 5.04. The Bertz CT molecular complexity index is 580. The Hall–Kier alpha value is -1.53. The van der Waals surface area contributed by atoms with E-state index in [9.17, 15) is 4.79 Å². The Morgan fingerprint density at radius 1 is 1.24 bits per heavy atom. The molecule has 0 aromatic heterocycles.